The number of benzene rings is 1. The Kier molecular flexibility index (Phi) is 6.92. The molecule has 1 rings (SSSR count). The van der Waals surface area contributed by atoms with E-state index in [0.29, 0.717) is 0 Å². The van der Waals surface area contributed by atoms with Crippen LogP contribution < -0.4 is 0 Å². The van der Waals surface area contributed by atoms with Gasteiger partial charge < -0.3 is 0 Å². The van der Waals surface area contributed by atoms with E-state index in [1.807, 2.05) is 18.2 Å². The summed E-state index contributed by atoms with van der Waals surface area (Å²) in [6.45, 7) is 0. The summed E-state index contributed by atoms with van der Waals surface area (Å²) in [6.07, 6.45) is 0. The standard InChI is InChI=1S/C8H5BrCl4S2/c9-5-3-4(14-7(10)11)1-2-6(5)15-8(12)13/h1-3,7-8H. The average Bonchev–Trinajstić information content (AvgIpc) is 2.08. The van der Waals surface area contributed by atoms with Crippen LogP contribution in [0.25, 0.3) is 0 Å². The highest BCUT2D eigenvalue weighted by atomic mass is 79.9. The highest BCUT2D eigenvalue weighted by Crippen LogP contribution is 2.37. The second-order valence-corrected chi connectivity index (χ2v) is 8.76. The molecule has 0 saturated heterocycles. The first-order chi connectivity index (χ1) is 6.99. The summed E-state index contributed by atoms with van der Waals surface area (Å²) in [5, 5.41) is 0. The highest BCUT2D eigenvalue weighted by molar-refractivity contribution is 9.10. The summed E-state index contributed by atoms with van der Waals surface area (Å²) < 4.78 is -0.0180. The second kappa shape index (κ2) is 7.10. The molecule has 1 aromatic rings. The van der Waals surface area contributed by atoms with Crippen LogP contribution in [0.2, 0.25) is 0 Å². The molecule has 0 nitrogen and oxygen atoms in total. The zero-order valence-corrected chi connectivity index (χ0v) is 13.3. The number of rotatable bonds is 4. The van der Waals surface area contributed by atoms with Gasteiger partial charge in [0.15, 0.2) is 8.34 Å². The van der Waals surface area contributed by atoms with Gasteiger partial charge in [-0.25, -0.2) is 0 Å². The van der Waals surface area contributed by atoms with E-state index < -0.39 is 8.34 Å². The molecule has 0 unspecified atom stereocenters. The van der Waals surface area contributed by atoms with Gasteiger partial charge in [-0.3, -0.25) is 0 Å². The summed E-state index contributed by atoms with van der Waals surface area (Å²) in [5.41, 5.74) is 0. The van der Waals surface area contributed by atoms with Gasteiger partial charge in [0, 0.05) is 14.3 Å². The van der Waals surface area contributed by atoms with E-state index in [9.17, 15) is 0 Å². The molecule has 0 radical (unpaired) electrons. The molecule has 1 aromatic carbocycles. The van der Waals surface area contributed by atoms with E-state index in [1.54, 1.807) is 0 Å². The van der Waals surface area contributed by atoms with Crippen molar-refractivity contribution in [2.75, 3.05) is 0 Å². The number of thioether (sulfide) groups is 2. The predicted molar refractivity (Wildman–Crippen MR) is 76.8 cm³/mol. The Morgan fingerprint density at radius 3 is 2.07 bits per heavy atom. The Labute approximate surface area is 125 Å². The minimum Gasteiger partial charge on any atom is -0.0928 e. The third-order valence-electron chi connectivity index (χ3n) is 1.34. The molecule has 0 bridgehead atoms. The zero-order valence-electron chi connectivity index (χ0n) is 7.09. The van der Waals surface area contributed by atoms with E-state index >= 15 is 0 Å². The van der Waals surface area contributed by atoms with Gasteiger partial charge in [-0.1, -0.05) is 69.9 Å². The van der Waals surface area contributed by atoms with E-state index in [4.69, 9.17) is 46.4 Å². The van der Waals surface area contributed by atoms with E-state index in [-0.39, 0.29) is 0 Å². The van der Waals surface area contributed by atoms with Crippen molar-refractivity contribution in [3.63, 3.8) is 0 Å². The lowest BCUT2D eigenvalue weighted by Crippen LogP contribution is -1.83. The third-order valence-corrected chi connectivity index (χ3v) is 4.82. The molecule has 0 amide bonds. The first-order valence-electron chi connectivity index (χ1n) is 3.68. The molecule has 0 spiro atoms. The van der Waals surface area contributed by atoms with E-state index in [2.05, 4.69) is 15.9 Å². The Bertz CT molecular complexity index is 332. The molecule has 0 atom stereocenters. The maximum atomic E-state index is 5.67. The minimum absolute atomic E-state index is 0.468. The Morgan fingerprint density at radius 2 is 1.60 bits per heavy atom. The fourth-order valence-corrected chi connectivity index (χ4v) is 3.90. The monoisotopic (exact) mass is 384 g/mol. The molecule has 7 heteroatoms. The summed E-state index contributed by atoms with van der Waals surface area (Å²) in [4.78, 5) is 1.97. The molecule has 0 aliphatic heterocycles. The second-order valence-electron chi connectivity index (χ2n) is 2.35. The van der Waals surface area contributed by atoms with Gasteiger partial charge in [0.2, 0.25) is 0 Å². The minimum atomic E-state index is -0.478. The molecule has 0 saturated carbocycles. The molecule has 0 aliphatic carbocycles. The highest BCUT2D eigenvalue weighted by Gasteiger charge is 2.08. The molecule has 0 heterocycles. The first-order valence-corrected chi connectivity index (χ1v) is 7.98. The van der Waals surface area contributed by atoms with Crippen molar-refractivity contribution >= 4 is 85.9 Å². The van der Waals surface area contributed by atoms with Crippen molar-refractivity contribution in [1.29, 1.82) is 0 Å². The van der Waals surface area contributed by atoms with Crippen LogP contribution in [0, 0.1) is 0 Å². The van der Waals surface area contributed by atoms with Gasteiger partial charge in [0.05, 0.1) is 0 Å². The molecule has 0 aromatic heterocycles. The fourth-order valence-electron chi connectivity index (χ4n) is 0.849. The predicted octanol–water partition coefficient (Wildman–Crippen LogP) is 6.16. The van der Waals surface area contributed by atoms with Crippen molar-refractivity contribution in [1.82, 2.24) is 0 Å². The zero-order chi connectivity index (χ0) is 11.4. The van der Waals surface area contributed by atoms with Gasteiger partial charge in [-0.2, -0.15) is 0 Å². The van der Waals surface area contributed by atoms with Crippen LogP contribution in [0.1, 0.15) is 0 Å². The van der Waals surface area contributed by atoms with Crippen molar-refractivity contribution < 1.29 is 0 Å². The summed E-state index contributed by atoms with van der Waals surface area (Å²) in [6, 6.07) is 5.78. The lowest BCUT2D eigenvalue weighted by atomic mass is 10.4. The molecule has 84 valence electrons. The lowest BCUT2D eigenvalue weighted by molar-refractivity contribution is 1.31. The van der Waals surface area contributed by atoms with Gasteiger partial charge in [-0.05, 0) is 34.1 Å². The average molecular weight is 387 g/mol. The third kappa shape index (κ3) is 5.62. The number of hydrogen-bond donors (Lipinski definition) is 0. The smallest absolute Gasteiger partial charge is 0.0928 e. The van der Waals surface area contributed by atoms with Crippen LogP contribution in [0.4, 0.5) is 0 Å². The quantitative estimate of drug-likeness (QED) is 0.449. The summed E-state index contributed by atoms with van der Waals surface area (Å²) in [7, 11) is 0. The van der Waals surface area contributed by atoms with Crippen LogP contribution in [-0.4, -0.2) is 8.34 Å². The summed E-state index contributed by atoms with van der Waals surface area (Å²) >= 11 is 28.8. The Hall–Kier alpha value is 1.56. The molecular weight excluding hydrogens is 382 g/mol. The van der Waals surface area contributed by atoms with Crippen molar-refractivity contribution in [2.45, 2.75) is 18.1 Å². The molecule has 0 N–H and O–H groups in total. The number of hydrogen-bond acceptors (Lipinski definition) is 2. The van der Waals surface area contributed by atoms with Crippen LogP contribution in [-0.2, 0) is 0 Å². The summed E-state index contributed by atoms with van der Waals surface area (Å²) in [5.74, 6) is 0. The van der Waals surface area contributed by atoms with Gasteiger partial charge in [0.1, 0.15) is 0 Å². The maximum absolute atomic E-state index is 5.67. The van der Waals surface area contributed by atoms with Crippen LogP contribution in [0.5, 0.6) is 0 Å². The largest absolute Gasteiger partial charge is 0.157 e. The topological polar surface area (TPSA) is 0 Å². The SMILES string of the molecule is ClC(Cl)Sc1ccc(SC(Cl)Cl)c(Br)c1. The van der Waals surface area contributed by atoms with E-state index in [0.717, 1.165) is 14.3 Å². The van der Waals surface area contributed by atoms with Gasteiger partial charge in [-0.15, -0.1) is 0 Å². The van der Waals surface area contributed by atoms with Crippen molar-refractivity contribution in [2.24, 2.45) is 0 Å². The normalized spacial score (nSPS) is 11.4. The molecule has 0 fully saturated rings. The molecule has 0 aliphatic rings. The molecule has 15 heavy (non-hydrogen) atoms. The van der Waals surface area contributed by atoms with Gasteiger partial charge in [0.25, 0.3) is 0 Å². The Balaban J connectivity index is 2.78. The van der Waals surface area contributed by atoms with E-state index in [1.165, 1.54) is 23.5 Å². The number of alkyl halides is 4. The number of halogens is 5. The van der Waals surface area contributed by atoms with Crippen LogP contribution in [0.3, 0.4) is 0 Å². The Morgan fingerprint density at radius 1 is 1.00 bits per heavy atom. The maximum Gasteiger partial charge on any atom is 0.157 e. The van der Waals surface area contributed by atoms with Gasteiger partial charge >= 0.3 is 0 Å². The van der Waals surface area contributed by atoms with Crippen LogP contribution in [0.15, 0.2) is 32.5 Å². The lowest BCUT2D eigenvalue weighted by Gasteiger charge is -2.07. The van der Waals surface area contributed by atoms with Crippen molar-refractivity contribution in [3.05, 3.63) is 22.7 Å². The molecular formula is C8H5BrCl4S2. The van der Waals surface area contributed by atoms with Crippen molar-refractivity contribution in [3.8, 4) is 0 Å². The van der Waals surface area contributed by atoms with Crippen LogP contribution >= 0.6 is 85.9 Å². The fraction of sp³-hybridized carbons (Fsp3) is 0.250. The first kappa shape index (κ1) is 14.6.